The maximum atomic E-state index is 13.4. The first-order valence-corrected chi connectivity index (χ1v) is 12.0. The molecular formula is C25H23ClFNO3S. The number of hydrogen-bond donors (Lipinski definition) is 0. The molecule has 0 saturated heterocycles. The van der Waals surface area contributed by atoms with Gasteiger partial charge in [0, 0.05) is 11.1 Å². The molecule has 0 N–H and O–H groups in total. The second-order valence-corrected chi connectivity index (χ2v) is 9.44. The van der Waals surface area contributed by atoms with E-state index in [1.54, 1.807) is 12.1 Å². The highest BCUT2D eigenvalue weighted by atomic mass is 35.5. The van der Waals surface area contributed by atoms with E-state index < -0.39 is 21.7 Å². The zero-order valence-electron chi connectivity index (χ0n) is 17.5. The van der Waals surface area contributed by atoms with Crippen LogP contribution < -0.4 is 4.31 Å². The van der Waals surface area contributed by atoms with E-state index in [-0.39, 0.29) is 10.6 Å². The molecule has 0 bridgehead atoms. The summed E-state index contributed by atoms with van der Waals surface area (Å²) in [5.41, 5.74) is 1.86. The largest absolute Gasteiger partial charge is 0.271 e. The van der Waals surface area contributed by atoms with Crippen molar-refractivity contribution in [1.29, 1.82) is 0 Å². The van der Waals surface area contributed by atoms with Gasteiger partial charge in [-0.05, 0) is 78.6 Å². The van der Waals surface area contributed by atoms with E-state index in [0.717, 1.165) is 35.2 Å². The fourth-order valence-electron chi connectivity index (χ4n) is 3.08. The lowest BCUT2D eigenvalue weighted by atomic mass is 10.1. The Kier molecular flexibility index (Phi) is 7.83. The van der Waals surface area contributed by atoms with Gasteiger partial charge in [0.1, 0.15) is 5.82 Å². The van der Waals surface area contributed by atoms with E-state index >= 15 is 0 Å². The Morgan fingerprint density at radius 3 is 2.19 bits per heavy atom. The van der Waals surface area contributed by atoms with Crippen LogP contribution in [0.4, 0.5) is 10.1 Å². The quantitative estimate of drug-likeness (QED) is 0.364. The van der Waals surface area contributed by atoms with Gasteiger partial charge in [-0.25, -0.2) is 12.8 Å². The van der Waals surface area contributed by atoms with Crippen LogP contribution >= 0.6 is 11.6 Å². The minimum absolute atomic E-state index is 0.0551. The summed E-state index contributed by atoms with van der Waals surface area (Å²) < 4.78 is 40.6. The lowest BCUT2D eigenvalue weighted by Gasteiger charge is -2.22. The molecule has 0 radical (unpaired) electrons. The molecule has 4 nitrogen and oxygen atoms in total. The molecule has 3 rings (SSSR count). The average molecular weight is 472 g/mol. The molecule has 3 aromatic rings. The van der Waals surface area contributed by atoms with Crippen LogP contribution in [0, 0.1) is 5.82 Å². The van der Waals surface area contributed by atoms with Gasteiger partial charge in [0.05, 0.1) is 10.6 Å². The minimum Gasteiger partial charge on any atom is -0.268 e. The summed E-state index contributed by atoms with van der Waals surface area (Å²) in [5.74, 6) is -1.14. The molecule has 166 valence electrons. The number of amides is 1. The highest BCUT2D eigenvalue weighted by molar-refractivity contribution is 7.93. The normalized spacial score (nSPS) is 11.6. The number of hydrogen-bond acceptors (Lipinski definition) is 3. The van der Waals surface area contributed by atoms with Crippen molar-refractivity contribution in [2.75, 3.05) is 4.31 Å². The third kappa shape index (κ3) is 5.84. The Balaban J connectivity index is 1.99. The molecule has 0 saturated carbocycles. The number of aryl methyl sites for hydroxylation is 1. The van der Waals surface area contributed by atoms with E-state index in [4.69, 9.17) is 11.6 Å². The van der Waals surface area contributed by atoms with Gasteiger partial charge < -0.3 is 0 Å². The standard InChI is InChI=1S/C25H23ClFNO3S/c1-2-3-4-19-7-14-23(15-8-19)28(32(30,31)24-16-10-21(26)11-17-24)25(29)18-9-20-5-12-22(27)13-6-20/h5-18H,2-4H2,1H3/b18-9+. The van der Waals surface area contributed by atoms with Crippen LogP contribution in [0.25, 0.3) is 6.08 Å². The summed E-state index contributed by atoms with van der Waals surface area (Å²) >= 11 is 5.90. The number of unbranched alkanes of at least 4 members (excludes halogenated alkanes) is 1. The van der Waals surface area contributed by atoms with Gasteiger partial charge in [0.2, 0.25) is 0 Å². The molecule has 0 aliphatic carbocycles. The van der Waals surface area contributed by atoms with E-state index in [0.29, 0.717) is 10.6 Å². The summed E-state index contributed by atoms with van der Waals surface area (Å²) in [6, 6.07) is 18.1. The van der Waals surface area contributed by atoms with Crippen molar-refractivity contribution < 1.29 is 17.6 Å². The van der Waals surface area contributed by atoms with Crippen LogP contribution in [0.1, 0.15) is 30.9 Å². The number of anilines is 1. The molecule has 0 aromatic heterocycles. The van der Waals surface area contributed by atoms with Gasteiger partial charge in [-0.2, -0.15) is 4.31 Å². The van der Waals surface area contributed by atoms with Crippen LogP contribution in [0.2, 0.25) is 5.02 Å². The third-order valence-corrected chi connectivity index (χ3v) is 6.82. The van der Waals surface area contributed by atoms with Crippen molar-refractivity contribution in [3.63, 3.8) is 0 Å². The predicted molar refractivity (Wildman–Crippen MR) is 127 cm³/mol. The SMILES string of the molecule is CCCCc1ccc(N(C(=O)/C=C/c2ccc(F)cc2)S(=O)(=O)c2ccc(Cl)cc2)cc1. The van der Waals surface area contributed by atoms with Gasteiger partial charge in [-0.15, -0.1) is 0 Å². The number of carbonyl (C=O) groups is 1. The van der Waals surface area contributed by atoms with E-state index in [1.807, 2.05) is 12.1 Å². The highest BCUT2D eigenvalue weighted by Crippen LogP contribution is 2.26. The number of sulfonamides is 1. The molecule has 32 heavy (non-hydrogen) atoms. The molecule has 0 aliphatic rings. The Bertz CT molecular complexity index is 1190. The smallest absolute Gasteiger partial charge is 0.268 e. The zero-order chi connectivity index (χ0) is 23.1. The second-order valence-electron chi connectivity index (χ2n) is 7.22. The number of rotatable bonds is 8. The van der Waals surface area contributed by atoms with E-state index in [9.17, 15) is 17.6 Å². The fraction of sp³-hybridized carbons (Fsp3) is 0.160. The lowest BCUT2D eigenvalue weighted by Crippen LogP contribution is -2.35. The number of halogens is 2. The molecular weight excluding hydrogens is 449 g/mol. The zero-order valence-corrected chi connectivity index (χ0v) is 19.1. The van der Waals surface area contributed by atoms with Crippen molar-refractivity contribution in [3.8, 4) is 0 Å². The van der Waals surface area contributed by atoms with Crippen molar-refractivity contribution >= 4 is 39.3 Å². The molecule has 3 aromatic carbocycles. The Labute approximate surface area is 193 Å². The van der Waals surface area contributed by atoms with Gasteiger partial charge in [0.15, 0.2) is 0 Å². The van der Waals surface area contributed by atoms with Crippen molar-refractivity contribution in [2.24, 2.45) is 0 Å². The second kappa shape index (κ2) is 10.6. The third-order valence-electron chi connectivity index (χ3n) is 4.83. The molecule has 0 unspecified atom stereocenters. The highest BCUT2D eigenvalue weighted by Gasteiger charge is 2.29. The van der Waals surface area contributed by atoms with Gasteiger partial charge >= 0.3 is 0 Å². The van der Waals surface area contributed by atoms with E-state index in [1.165, 1.54) is 54.6 Å². The van der Waals surface area contributed by atoms with Crippen LogP contribution in [0.5, 0.6) is 0 Å². The monoisotopic (exact) mass is 471 g/mol. The summed E-state index contributed by atoms with van der Waals surface area (Å²) in [6.45, 7) is 2.10. The van der Waals surface area contributed by atoms with Crippen LogP contribution in [-0.4, -0.2) is 14.3 Å². The maximum absolute atomic E-state index is 13.4. The molecule has 0 spiro atoms. The van der Waals surface area contributed by atoms with Gasteiger partial charge in [-0.3, -0.25) is 4.79 Å². The van der Waals surface area contributed by atoms with Gasteiger partial charge in [0.25, 0.3) is 15.9 Å². The van der Waals surface area contributed by atoms with Crippen molar-refractivity contribution in [1.82, 2.24) is 0 Å². The molecule has 7 heteroatoms. The van der Waals surface area contributed by atoms with Crippen molar-refractivity contribution in [2.45, 2.75) is 31.1 Å². The van der Waals surface area contributed by atoms with Crippen molar-refractivity contribution in [3.05, 3.63) is 101 Å². The molecule has 0 heterocycles. The number of nitrogens with zero attached hydrogens (tertiary/aromatic N) is 1. The number of benzene rings is 3. The molecule has 1 amide bonds. The predicted octanol–water partition coefficient (Wildman–Crippen LogP) is 6.26. The van der Waals surface area contributed by atoms with Crippen LogP contribution in [-0.2, 0) is 21.2 Å². The molecule has 0 aliphatic heterocycles. The maximum Gasteiger partial charge on any atom is 0.271 e. The fourth-order valence-corrected chi connectivity index (χ4v) is 4.60. The number of carbonyl (C=O) groups excluding carboxylic acids is 1. The minimum atomic E-state index is -4.20. The first-order chi connectivity index (χ1) is 15.3. The topological polar surface area (TPSA) is 54.5 Å². The summed E-state index contributed by atoms with van der Waals surface area (Å²) in [5, 5.41) is 0.387. The Morgan fingerprint density at radius 1 is 0.969 bits per heavy atom. The summed E-state index contributed by atoms with van der Waals surface area (Å²) in [6.07, 6.45) is 5.55. The average Bonchev–Trinajstić information content (AvgIpc) is 2.78. The van der Waals surface area contributed by atoms with Gasteiger partial charge in [-0.1, -0.05) is 49.2 Å². The summed E-state index contributed by atoms with van der Waals surface area (Å²) in [7, 11) is -4.20. The summed E-state index contributed by atoms with van der Waals surface area (Å²) in [4.78, 5) is 13.0. The Hall–Kier alpha value is -2.96. The van der Waals surface area contributed by atoms with E-state index in [2.05, 4.69) is 6.92 Å². The van der Waals surface area contributed by atoms with Crippen LogP contribution in [0.3, 0.4) is 0 Å². The first-order valence-electron chi connectivity index (χ1n) is 10.2. The first kappa shape index (κ1) is 23.7. The lowest BCUT2D eigenvalue weighted by molar-refractivity contribution is -0.113. The molecule has 0 fully saturated rings. The van der Waals surface area contributed by atoms with Crippen LogP contribution in [0.15, 0.2) is 83.8 Å². The molecule has 0 atom stereocenters. The Morgan fingerprint density at radius 2 is 1.59 bits per heavy atom.